The molecule has 0 aliphatic rings. The van der Waals surface area contributed by atoms with Crippen molar-refractivity contribution in [2.24, 2.45) is 5.92 Å². The smallest absolute Gasteiger partial charge is 0.224 e. The van der Waals surface area contributed by atoms with Crippen LogP contribution in [-0.4, -0.2) is 15.3 Å². The molecular formula is C17H19N3OS. The van der Waals surface area contributed by atoms with Gasteiger partial charge in [-0.25, -0.2) is 4.98 Å². The number of fused-ring (bicyclic) bond motifs is 1. The second-order valence-corrected chi connectivity index (χ2v) is 6.72. The van der Waals surface area contributed by atoms with Crippen LogP contribution in [0.2, 0.25) is 0 Å². The Balaban J connectivity index is 1.77. The highest BCUT2D eigenvalue weighted by molar-refractivity contribution is 7.15. The Hall–Kier alpha value is -2.14. The summed E-state index contributed by atoms with van der Waals surface area (Å²) >= 11 is 1.64. The van der Waals surface area contributed by atoms with Crippen molar-refractivity contribution in [3.05, 3.63) is 41.5 Å². The molecule has 1 amide bonds. The molecular weight excluding hydrogens is 294 g/mol. The van der Waals surface area contributed by atoms with Gasteiger partial charge in [0.2, 0.25) is 5.91 Å². The van der Waals surface area contributed by atoms with Gasteiger partial charge in [-0.15, -0.1) is 11.3 Å². The summed E-state index contributed by atoms with van der Waals surface area (Å²) in [6.45, 7) is 6.15. The highest BCUT2D eigenvalue weighted by Crippen LogP contribution is 2.24. The van der Waals surface area contributed by atoms with Gasteiger partial charge in [0.15, 0.2) is 4.96 Å². The number of carbonyl (C=O) groups excluding carboxylic acids is 1. The van der Waals surface area contributed by atoms with Gasteiger partial charge in [0.1, 0.15) is 0 Å². The van der Waals surface area contributed by atoms with Crippen LogP contribution in [0.4, 0.5) is 5.69 Å². The first-order valence-corrected chi connectivity index (χ1v) is 8.24. The lowest BCUT2D eigenvalue weighted by Crippen LogP contribution is -2.13. The maximum atomic E-state index is 11.8. The van der Waals surface area contributed by atoms with E-state index in [9.17, 15) is 4.79 Å². The molecule has 3 rings (SSSR count). The van der Waals surface area contributed by atoms with Crippen LogP contribution in [0.15, 0.2) is 35.8 Å². The Kier molecular flexibility index (Phi) is 3.98. The van der Waals surface area contributed by atoms with E-state index in [0.29, 0.717) is 12.3 Å². The number of rotatable bonds is 4. The van der Waals surface area contributed by atoms with E-state index in [2.05, 4.69) is 27.0 Å². The van der Waals surface area contributed by atoms with Crippen molar-refractivity contribution in [1.29, 1.82) is 0 Å². The number of carbonyl (C=O) groups is 1. The number of aromatic nitrogens is 2. The van der Waals surface area contributed by atoms with Gasteiger partial charge in [-0.3, -0.25) is 9.20 Å². The summed E-state index contributed by atoms with van der Waals surface area (Å²) in [5.41, 5.74) is 4.02. The predicted octanol–water partition coefficient (Wildman–Crippen LogP) is 4.36. The lowest BCUT2D eigenvalue weighted by molar-refractivity contribution is -0.116. The average molecular weight is 313 g/mol. The fraction of sp³-hybridized carbons (Fsp3) is 0.294. The molecule has 22 heavy (non-hydrogen) atoms. The van der Waals surface area contributed by atoms with Gasteiger partial charge in [0.25, 0.3) is 0 Å². The number of nitrogens with one attached hydrogen (secondary N) is 1. The topological polar surface area (TPSA) is 46.4 Å². The molecule has 5 heteroatoms. The summed E-state index contributed by atoms with van der Waals surface area (Å²) in [6, 6.07) is 7.83. The molecule has 0 aliphatic heterocycles. The summed E-state index contributed by atoms with van der Waals surface area (Å²) in [6.07, 6.45) is 2.59. The first-order valence-electron chi connectivity index (χ1n) is 7.36. The van der Waals surface area contributed by atoms with Crippen LogP contribution in [0.1, 0.15) is 26.0 Å². The molecule has 4 nitrogen and oxygen atoms in total. The molecule has 0 unspecified atom stereocenters. The first-order chi connectivity index (χ1) is 10.5. The quantitative estimate of drug-likeness (QED) is 0.778. The normalized spacial score (nSPS) is 11.3. The Morgan fingerprint density at radius 1 is 1.32 bits per heavy atom. The molecule has 1 N–H and O–H groups in total. The van der Waals surface area contributed by atoms with E-state index in [0.717, 1.165) is 21.9 Å². The average Bonchev–Trinajstić information content (AvgIpc) is 3.01. The van der Waals surface area contributed by atoms with Crippen molar-refractivity contribution in [2.45, 2.75) is 27.2 Å². The molecule has 0 radical (unpaired) electrons. The molecule has 2 aromatic heterocycles. The highest BCUT2D eigenvalue weighted by atomic mass is 32.1. The number of benzene rings is 1. The van der Waals surface area contributed by atoms with Crippen LogP contribution >= 0.6 is 11.3 Å². The fourth-order valence-electron chi connectivity index (χ4n) is 2.34. The lowest BCUT2D eigenvalue weighted by Gasteiger charge is -2.07. The van der Waals surface area contributed by atoms with Crippen LogP contribution in [0.3, 0.4) is 0 Å². The van der Waals surface area contributed by atoms with Crippen molar-refractivity contribution in [1.82, 2.24) is 9.38 Å². The Bertz CT molecular complexity index is 799. The number of imidazole rings is 1. The van der Waals surface area contributed by atoms with Crippen LogP contribution < -0.4 is 5.32 Å². The minimum absolute atomic E-state index is 0.0564. The Morgan fingerprint density at radius 2 is 2.05 bits per heavy atom. The van der Waals surface area contributed by atoms with Crippen molar-refractivity contribution in [3.8, 4) is 11.3 Å². The zero-order chi connectivity index (χ0) is 15.7. The highest BCUT2D eigenvalue weighted by Gasteiger charge is 2.08. The maximum Gasteiger partial charge on any atom is 0.224 e. The second kappa shape index (κ2) is 5.93. The number of thiazole rings is 1. The Labute approximate surface area is 133 Å². The second-order valence-electron chi connectivity index (χ2n) is 5.88. The number of hydrogen-bond acceptors (Lipinski definition) is 3. The third kappa shape index (κ3) is 3.04. The zero-order valence-corrected chi connectivity index (χ0v) is 13.8. The van der Waals surface area contributed by atoms with Crippen molar-refractivity contribution >= 4 is 27.9 Å². The molecule has 3 aromatic rings. The largest absolute Gasteiger partial charge is 0.326 e. The van der Waals surface area contributed by atoms with Gasteiger partial charge in [0, 0.05) is 34.9 Å². The van der Waals surface area contributed by atoms with Crippen LogP contribution in [0.25, 0.3) is 16.2 Å². The van der Waals surface area contributed by atoms with Crippen molar-refractivity contribution < 1.29 is 4.79 Å². The molecule has 0 aliphatic carbocycles. The number of nitrogens with zero attached hydrogens (tertiary/aromatic N) is 2. The van der Waals surface area contributed by atoms with Gasteiger partial charge < -0.3 is 5.32 Å². The van der Waals surface area contributed by atoms with E-state index in [1.165, 1.54) is 5.69 Å². The lowest BCUT2D eigenvalue weighted by atomic mass is 10.1. The van der Waals surface area contributed by atoms with E-state index >= 15 is 0 Å². The Morgan fingerprint density at radius 3 is 2.68 bits per heavy atom. The van der Waals surface area contributed by atoms with Crippen molar-refractivity contribution in [2.75, 3.05) is 5.32 Å². The molecule has 2 heterocycles. The first kappa shape index (κ1) is 14.8. The third-order valence-corrected chi connectivity index (χ3v) is 4.40. The van der Waals surface area contributed by atoms with Gasteiger partial charge in [-0.05, 0) is 25.0 Å². The standard InChI is InChI=1S/C17H19N3OS/c1-11(2)8-16(21)18-14-6-4-13(5-7-14)15-9-20-12(3)10-22-17(20)19-15/h4-7,9-11H,8H2,1-3H3,(H,18,21). The zero-order valence-electron chi connectivity index (χ0n) is 13.0. The minimum atomic E-state index is 0.0564. The molecule has 0 saturated carbocycles. The maximum absolute atomic E-state index is 11.8. The van der Waals surface area contributed by atoms with Crippen LogP contribution in [0, 0.1) is 12.8 Å². The van der Waals surface area contributed by atoms with E-state index in [-0.39, 0.29) is 5.91 Å². The van der Waals surface area contributed by atoms with Gasteiger partial charge in [0.05, 0.1) is 5.69 Å². The summed E-state index contributed by atoms with van der Waals surface area (Å²) < 4.78 is 2.10. The molecule has 0 fully saturated rings. The van der Waals surface area contributed by atoms with E-state index in [1.54, 1.807) is 11.3 Å². The molecule has 0 atom stereocenters. The van der Waals surface area contributed by atoms with Gasteiger partial charge >= 0.3 is 0 Å². The van der Waals surface area contributed by atoms with Crippen molar-refractivity contribution in [3.63, 3.8) is 0 Å². The summed E-state index contributed by atoms with van der Waals surface area (Å²) in [7, 11) is 0. The molecule has 0 saturated heterocycles. The molecule has 0 bridgehead atoms. The van der Waals surface area contributed by atoms with Crippen LogP contribution in [-0.2, 0) is 4.79 Å². The SMILES string of the molecule is Cc1csc2nc(-c3ccc(NC(=O)CC(C)C)cc3)cn12. The fourth-order valence-corrected chi connectivity index (χ4v) is 3.19. The van der Waals surface area contributed by atoms with Crippen LogP contribution in [0.5, 0.6) is 0 Å². The third-order valence-electron chi connectivity index (χ3n) is 3.45. The number of hydrogen-bond donors (Lipinski definition) is 1. The summed E-state index contributed by atoms with van der Waals surface area (Å²) in [5, 5.41) is 5.02. The molecule has 114 valence electrons. The number of aryl methyl sites for hydroxylation is 1. The van der Waals surface area contributed by atoms with E-state index in [1.807, 2.05) is 44.3 Å². The number of anilines is 1. The monoisotopic (exact) mass is 313 g/mol. The predicted molar refractivity (Wildman–Crippen MR) is 91.3 cm³/mol. The van der Waals surface area contributed by atoms with Gasteiger partial charge in [-0.1, -0.05) is 26.0 Å². The van der Waals surface area contributed by atoms with E-state index in [4.69, 9.17) is 0 Å². The molecule has 0 spiro atoms. The summed E-state index contributed by atoms with van der Waals surface area (Å²) in [5.74, 6) is 0.418. The van der Waals surface area contributed by atoms with E-state index < -0.39 is 0 Å². The molecule has 1 aromatic carbocycles. The minimum Gasteiger partial charge on any atom is -0.326 e. The summed E-state index contributed by atoms with van der Waals surface area (Å²) in [4.78, 5) is 17.4. The van der Waals surface area contributed by atoms with Gasteiger partial charge in [-0.2, -0.15) is 0 Å². The number of amides is 1.